The van der Waals surface area contributed by atoms with Gasteiger partial charge in [-0.15, -0.1) is 0 Å². The molecule has 0 aliphatic carbocycles. The van der Waals surface area contributed by atoms with Gasteiger partial charge in [-0.05, 0) is 60.0 Å². The zero-order chi connectivity index (χ0) is 14.0. The first-order valence-electron chi connectivity index (χ1n) is 6.38. The minimum atomic E-state index is 0.877. The standard InChI is InChI=1S/C16H19BrN2/c1-11-5-6-12(2)14(9-11)10-19(4)16-8-7-15(17)13(3)18-16/h5-9H,10H2,1-4H3. The van der Waals surface area contributed by atoms with Crippen molar-refractivity contribution < 1.29 is 0 Å². The van der Waals surface area contributed by atoms with E-state index in [1.807, 2.05) is 13.0 Å². The second-order valence-electron chi connectivity index (χ2n) is 5.02. The largest absolute Gasteiger partial charge is 0.355 e. The molecule has 0 fully saturated rings. The van der Waals surface area contributed by atoms with Gasteiger partial charge in [-0.25, -0.2) is 4.98 Å². The highest BCUT2D eigenvalue weighted by atomic mass is 79.9. The van der Waals surface area contributed by atoms with E-state index in [9.17, 15) is 0 Å². The van der Waals surface area contributed by atoms with E-state index >= 15 is 0 Å². The van der Waals surface area contributed by atoms with Crippen LogP contribution in [-0.4, -0.2) is 12.0 Å². The van der Waals surface area contributed by atoms with Gasteiger partial charge in [0, 0.05) is 18.1 Å². The van der Waals surface area contributed by atoms with Crippen LogP contribution in [0.4, 0.5) is 5.82 Å². The number of rotatable bonds is 3. The van der Waals surface area contributed by atoms with Crippen LogP contribution in [-0.2, 0) is 6.54 Å². The van der Waals surface area contributed by atoms with E-state index in [1.165, 1.54) is 16.7 Å². The van der Waals surface area contributed by atoms with Crippen molar-refractivity contribution in [2.24, 2.45) is 0 Å². The van der Waals surface area contributed by atoms with Crippen molar-refractivity contribution >= 4 is 21.7 Å². The van der Waals surface area contributed by atoms with Crippen LogP contribution in [0.15, 0.2) is 34.8 Å². The lowest BCUT2D eigenvalue weighted by atomic mass is 10.1. The summed E-state index contributed by atoms with van der Waals surface area (Å²) in [6, 6.07) is 10.7. The highest BCUT2D eigenvalue weighted by Crippen LogP contribution is 2.20. The van der Waals surface area contributed by atoms with E-state index in [2.05, 4.69) is 71.0 Å². The minimum Gasteiger partial charge on any atom is -0.355 e. The highest BCUT2D eigenvalue weighted by molar-refractivity contribution is 9.10. The first-order valence-corrected chi connectivity index (χ1v) is 7.17. The molecular formula is C16H19BrN2. The first kappa shape index (κ1) is 14.1. The van der Waals surface area contributed by atoms with Gasteiger partial charge in [-0.2, -0.15) is 0 Å². The molecule has 0 spiro atoms. The lowest BCUT2D eigenvalue weighted by molar-refractivity contribution is 0.883. The van der Waals surface area contributed by atoms with Gasteiger partial charge in [-0.1, -0.05) is 23.8 Å². The number of aryl methyl sites for hydroxylation is 3. The Hall–Kier alpha value is -1.35. The van der Waals surface area contributed by atoms with Crippen LogP contribution < -0.4 is 4.90 Å². The summed E-state index contributed by atoms with van der Waals surface area (Å²) in [5.74, 6) is 1.00. The molecule has 1 aromatic heterocycles. The summed E-state index contributed by atoms with van der Waals surface area (Å²) in [4.78, 5) is 6.78. The summed E-state index contributed by atoms with van der Waals surface area (Å²) in [6.07, 6.45) is 0. The number of aromatic nitrogens is 1. The van der Waals surface area contributed by atoms with Crippen LogP contribution in [0.3, 0.4) is 0 Å². The molecule has 0 amide bonds. The molecule has 0 radical (unpaired) electrons. The monoisotopic (exact) mass is 318 g/mol. The van der Waals surface area contributed by atoms with E-state index < -0.39 is 0 Å². The number of anilines is 1. The Balaban J connectivity index is 2.22. The predicted octanol–water partition coefficient (Wildman–Crippen LogP) is 4.41. The topological polar surface area (TPSA) is 16.1 Å². The van der Waals surface area contributed by atoms with Gasteiger partial charge in [-0.3, -0.25) is 0 Å². The molecular weight excluding hydrogens is 300 g/mol. The van der Waals surface area contributed by atoms with Crippen LogP contribution in [0.2, 0.25) is 0 Å². The second-order valence-corrected chi connectivity index (χ2v) is 5.88. The zero-order valence-corrected chi connectivity index (χ0v) is 13.5. The maximum atomic E-state index is 4.60. The van der Waals surface area contributed by atoms with Crippen molar-refractivity contribution in [3.8, 4) is 0 Å². The smallest absolute Gasteiger partial charge is 0.128 e. The number of pyridine rings is 1. The molecule has 0 bridgehead atoms. The molecule has 0 atom stereocenters. The Morgan fingerprint density at radius 2 is 1.84 bits per heavy atom. The van der Waals surface area contributed by atoms with Crippen molar-refractivity contribution in [2.75, 3.05) is 11.9 Å². The molecule has 0 unspecified atom stereocenters. The van der Waals surface area contributed by atoms with Crippen molar-refractivity contribution in [3.05, 3.63) is 57.2 Å². The van der Waals surface area contributed by atoms with Crippen LogP contribution in [0.5, 0.6) is 0 Å². The molecule has 0 aliphatic heterocycles. The molecule has 100 valence electrons. The van der Waals surface area contributed by atoms with Crippen molar-refractivity contribution in [1.29, 1.82) is 0 Å². The van der Waals surface area contributed by atoms with Crippen LogP contribution >= 0.6 is 15.9 Å². The molecule has 1 heterocycles. The van der Waals surface area contributed by atoms with Gasteiger partial charge < -0.3 is 4.90 Å². The van der Waals surface area contributed by atoms with Gasteiger partial charge in [0.15, 0.2) is 0 Å². The van der Waals surface area contributed by atoms with Gasteiger partial charge in [0.25, 0.3) is 0 Å². The van der Waals surface area contributed by atoms with E-state index in [-0.39, 0.29) is 0 Å². The first-order chi connectivity index (χ1) is 8.97. The maximum absolute atomic E-state index is 4.60. The summed E-state index contributed by atoms with van der Waals surface area (Å²) in [6.45, 7) is 7.18. The Labute approximate surface area is 123 Å². The fourth-order valence-electron chi connectivity index (χ4n) is 2.05. The average molecular weight is 319 g/mol. The minimum absolute atomic E-state index is 0.877. The van der Waals surface area contributed by atoms with Crippen molar-refractivity contribution in [2.45, 2.75) is 27.3 Å². The molecule has 0 saturated heterocycles. The summed E-state index contributed by atoms with van der Waals surface area (Å²) >= 11 is 3.49. The lowest BCUT2D eigenvalue weighted by Crippen LogP contribution is -2.18. The Morgan fingerprint density at radius 1 is 1.11 bits per heavy atom. The van der Waals surface area contributed by atoms with E-state index in [4.69, 9.17) is 0 Å². The van der Waals surface area contributed by atoms with Crippen molar-refractivity contribution in [1.82, 2.24) is 4.98 Å². The molecule has 0 aliphatic rings. The van der Waals surface area contributed by atoms with Gasteiger partial charge in [0.2, 0.25) is 0 Å². The average Bonchev–Trinajstić information content (AvgIpc) is 2.37. The number of nitrogens with zero attached hydrogens (tertiary/aromatic N) is 2. The molecule has 0 saturated carbocycles. The Kier molecular flexibility index (Phi) is 4.25. The zero-order valence-electron chi connectivity index (χ0n) is 11.9. The molecule has 2 nitrogen and oxygen atoms in total. The number of benzene rings is 1. The fraction of sp³-hybridized carbons (Fsp3) is 0.312. The van der Waals surface area contributed by atoms with Crippen LogP contribution in [0.1, 0.15) is 22.4 Å². The molecule has 0 N–H and O–H groups in total. The normalized spacial score (nSPS) is 10.6. The van der Waals surface area contributed by atoms with E-state index in [1.54, 1.807) is 0 Å². The number of hydrogen-bond donors (Lipinski definition) is 0. The summed E-state index contributed by atoms with van der Waals surface area (Å²) in [5, 5.41) is 0. The third kappa shape index (κ3) is 3.35. The number of hydrogen-bond acceptors (Lipinski definition) is 2. The van der Waals surface area contributed by atoms with Crippen LogP contribution in [0.25, 0.3) is 0 Å². The molecule has 2 rings (SSSR count). The SMILES string of the molecule is Cc1ccc(C)c(CN(C)c2ccc(Br)c(C)n2)c1. The molecule has 19 heavy (non-hydrogen) atoms. The Morgan fingerprint density at radius 3 is 2.53 bits per heavy atom. The van der Waals surface area contributed by atoms with Crippen molar-refractivity contribution in [3.63, 3.8) is 0 Å². The highest BCUT2D eigenvalue weighted by Gasteiger charge is 2.07. The maximum Gasteiger partial charge on any atom is 0.128 e. The van der Waals surface area contributed by atoms with E-state index in [0.717, 1.165) is 22.5 Å². The molecule has 1 aromatic carbocycles. The fourth-order valence-corrected chi connectivity index (χ4v) is 2.27. The second kappa shape index (κ2) is 5.74. The van der Waals surface area contributed by atoms with Crippen LogP contribution in [0, 0.1) is 20.8 Å². The lowest BCUT2D eigenvalue weighted by Gasteiger charge is -2.20. The summed E-state index contributed by atoms with van der Waals surface area (Å²) in [7, 11) is 2.08. The predicted molar refractivity (Wildman–Crippen MR) is 84.7 cm³/mol. The summed E-state index contributed by atoms with van der Waals surface area (Å²) < 4.78 is 1.05. The van der Waals surface area contributed by atoms with E-state index in [0.29, 0.717) is 0 Å². The quantitative estimate of drug-likeness (QED) is 0.833. The third-order valence-electron chi connectivity index (χ3n) is 3.31. The van der Waals surface area contributed by atoms with Gasteiger partial charge >= 0.3 is 0 Å². The van der Waals surface area contributed by atoms with Gasteiger partial charge in [0.05, 0.1) is 5.69 Å². The third-order valence-corrected chi connectivity index (χ3v) is 4.15. The molecule has 3 heteroatoms. The molecule has 2 aromatic rings. The Bertz CT molecular complexity index is 593. The summed E-state index contributed by atoms with van der Waals surface area (Å²) in [5.41, 5.74) is 5.00. The van der Waals surface area contributed by atoms with Gasteiger partial charge in [0.1, 0.15) is 5.82 Å². The number of halogens is 1.